The van der Waals surface area contributed by atoms with E-state index >= 15 is 0 Å². The molecule has 3 aromatic carbocycles. The maximum Gasteiger partial charge on any atom is 0.416 e. The predicted octanol–water partition coefficient (Wildman–Crippen LogP) is 7.61. The van der Waals surface area contributed by atoms with E-state index in [0.29, 0.717) is 37.0 Å². The van der Waals surface area contributed by atoms with Gasteiger partial charge in [0.15, 0.2) is 0 Å². The third-order valence-corrected chi connectivity index (χ3v) is 6.71. The Balaban J connectivity index is 1.65. The van der Waals surface area contributed by atoms with E-state index < -0.39 is 24.3 Å². The number of ether oxygens (including phenoxy) is 1. The Morgan fingerprint density at radius 1 is 1.00 bits per heavy atom. The van der Waals surface area contributed by atoms with E-state index in [1.807, 2.05) is 0 Å². The van der Waals surface area contributed by atoms with Gasteiger partial charge >= 0.3 is 12.1 Å². The zero-order valence-electron chi connectivity index (χ0n) is 20.1. The molecule has 0 spiro atoms. The van der Waals surface area contributed by atoms with Crippen LogP contribution in [0.4, 0.5) is 24.0 Å². The molecule has 0 radical (unpaired) electrons. The van der Waals surface area contributed by atoms with Crippen molar-refractivity contribution in [3.63, 3.8) is 0 Å². The third-order valence-electron chi connectivity index (χ3n) is 5.09. The fourth-order valence-electron chi connectivity index (χ4n) is 3.35. The summed E-state index contributed by atoms with van der Waals surface area (Å²) in [5.41, 5.74) is 1.12. The highest BCUT2D eigenvalue weighted by atomic mass is 35.5. The van der Waals surface area contributed by atoms with Crippen molar-refractivity contribution in [1.29, 1.82) is 0 Å². The number of anilines is 2. The van der Waals surface area contributed by atoms with Crippen LogP contribution in [0.25, 0.3) is 10.6 Å². The molecule has 0 aliphatic rings. The van der Waals surface area contributed by atoms with Crippen LogP contribution in [0, 0.1) is 0 Å². The van der Waals surface area contributed by atoms with Crippen molar-refractivity contribution in [2.45, 2.75) is 13.1 Å². The summed E-state index contributed by atoms with van der Waals surface area (Å²) < 4.78 is 45.0. The van der Waals surface area contributed by atoms with Crippen LogP contribution in [0.2, 0.25) is 10.0 Å². The number of hydrogen-bond donors (Lipinski definition) is 1. The Bertz CT molecular complexity index is 1510. The monoisotopic (exact) mass is 594 g/mol. The number of nitrogens with one attached hydrogen (secondary N) is 1. The minimum absolute atomic E-state index is 0.0888. The van der Waals surface area contributed by atoms with Crippen LogP contribution in [-0.4, -0.2) is 35.1 Å². The molecule has 4 aromatic rings. The molecular weight excluding hydrogens is 576 g/mol. The number of halogens is 5. The lowest BCUT2D eigenvalue weighted by Crippen LogP contribution is -2.13. The summed E-state index contributed by atoms with van der Waals surface area (Å²) in [5, 5.41) is 17.3. The predicted molar refractivity (Wildman–Crippen MR) is 145 cm³/mol. The summed E-state index contributed by atoms with van der Waals surface area (Å²) in [4.78, 5) is 16.8. The van der Waals surface area contributed by atoms with E-state index in [0.717, 1.165) is 12.1 Å². The van der Waals surface area contributed by atoms with Gasteiger partial charge in [-0.25, -0.2) is 4.79 Å². The fraction of sp³-hybridized carbons (Fsp3) is 0.154. The Labute approximate surface area is 235 Å². The van der Waals surface area contributed by atoms with E-state index in [1.54, 1.807) is 49.4 Å². The van der Waals surface area contributed by atoms with Gasteiger partial charge in [-0.1, -0.05) is 70.0 Å². The highest BCUT2D eigenvalue weighted by molar-refractivity contribution is 7.18. The lowest BCUT2D eigenvalue weighted by atomic mass is 9.99. The summed E-state index contributed by atoms with van der Waals surface area (Å²) in [6.45, 7) is 1.29. The van der Waals surface area contributed by atoms with Crippen molar-refractivity contribution >= 4 is 57.0 Å². The van der Waals surface area contributed by atoms with Crippen molar-refractivity contribution in [3.8, 4) is 10.6 Å². The second kappa shape index (κ2) is 12.5. The number of esters is 1. The first-order valence-electron chi connectivity index (χ1n) is 11.3. The first-order valence-corrected chi connectivity index (χ1v) is 12.9. The standard InChI is InChI=1S/C26H19Cl2F3N4O3S/c1-2-37-22(36)14-38-35-23(16-6-4-8-18(12-16)26(29,30)31)15-5-3-7-17(11-15)24-33-34-25(39-24)32-19-9-10-20(27)21(28)13-19/h3-13H,2,14H2,1H3,(H,32,34). The van der Waals surface area contributed by atoms with Gasteiger partial charge in [-0.05, 0) is 43.3 Å². The van der Waals surface area contributed by atoms with Gasteiger partial charge in [-0.3, -0.25) is 0 Å². The van der Waals surface area contributed by atoms with Gasteiger partial charge in [-0.2, -0.15) is 13.2 Å². The number of carbonyl (C=O) groups is 1. The molecule has 1 heterocycles. The van der Waals surface area contributed by atoms with E-state index in [-0.39, 0.29) is 17.9 Å². The molecule has 0 atom stereocenters. The molecule has 1 N–H and O–H groups in total. The van der Waals surface area contributed by atoms with Crippen LogP contribution in [0.1, 0.15) is 23.6 Å². The van der Waals surface area contributed by atoms with E-state index in [9.17, 15) is 18.0 Å². The largest absolute Gasteiger partial charge is 0.463 e. The molecule has 4 rings (SSSR count). The molecule has 1 aromatic heterocycles. The minimum atomic E-state index is -4.56. The van der Waals surface area contributed by atoms with E-state index in [1.165, 1.54) is 23.5 Å². The number of hydrogen-bond acceptors (Lipinski definition) is 8. The summed E-state index contributed by atoms with van der Waals surface area (Å²) in [5.74, 6) is -0.658. The second-order valence-electron chi connectivity index (χ2n) is 7.84. The Morgan fingerprint density at radius 2 is 1.74 bits per heavy atom. The maximum absolute atomic E-state index is 13.4. The second-order valence-corrected chi connectivity index (χ2v) is 9.64. The average molecular weight is 595 g/mol. The van der Waals surface area contributed by atoms with E-state index in [4.69, 9.17) is 32.8 Å². The first-order chi connectivity index (χ1) is 18.6. The van der Waals surface area contributed by atoms with Crippen LogP contribution in [-0.2, 0) is 20.5 Å². The zero-order valence-corrected chi connectivity index (χ0v) is 22.5. The molecule has 202 valence electrons. The number of carbonyl (C=O) groups excluding carboxylic acids is 1. The SMILES string of the molecule is CCOC(=O)CON=C(c1cccc(-c2nnc(Nc3ccc(Cl)c(Cl)c3)s2)c1)c1cccc(C(F)(F)F)c1. The highest BCUT2D eigenvalue weighted by Gasteiger charge is 2.31. The molecular formula is C26H19Cl2F3N4O3S. The molecule has 0 aliphatic carbocycles. The van der Waals surface area contributed by atoms with Crippen molar-refractivity contribution in [1.82, 2.24) is 10.2 Å². The van der Waals surface area contributed by atoms with Crippen LogP contribution >= 0.6 is 34.5 Å². The molecule has 0 saturated heterocycles. The fourth-order valence-corrected chi connectivity index (χ4v) is 4.41. The average Bonchev–Trinajstić information content (AvgIpc) is 3.37. The quantitative estimate of drug-likeness (QED) is 0.122. The van der Waals surface area contributed by atoms with Gasteiger partial charge in [0.25, 0.3) is 0 Å². The maximum atomic E-state index is 13.4. The molecule has 39 heavy (non-hydrogen) atoms. The molecule has 7 nitrogen and oxygen atoms in total. The van der Waals surface area contributed by atoms with Crippen molar-refractivity contribution in [2.75, 3.05) is 18.5 Å². The number of oxime groups is 1. The summed E-state index contributed by atoms with van der Waals surface area (Å²) in [6, 6.07) is 16.5. The normalized spacial score (nSPS) is 11.8. The molecule has 0 unspecified atom stereocenters. The zero-order chi connectivity index (χ0) is 28.0. The first kappa shape index (κ1) is 28.3. The van der Waals surface area contributed by atoms with E-state index in [2.05, 4.69) is 20.7 Å². The van der Waals surface area contributed by atoms with Crippen molar-refractivity contribution in [3.05, 3.63) is 93.5 Å². The van der Waals surface area contributed by atoms with Crippen LogP contribution in [0.15, 0.2) is 71.9 Å². The Morgan fingerprint density at radius 3 is 2.46 bits per heavy atom. The Hall–Kier alpha value is -3.67. The Kier molecular flexibility index (Phi) is 9.05. The molecule has 0 saturated carbocycles. The summed E-state index contributed by atoms with van der Waals surface area (Å²) >= 11 is 13.3. The van der Waals surface area contributed by atoms with Gasteiger partial charge in [0.1, 0.15) is 10.7 Å². The van der Waals surface area contributed by atoms with Crippen molar-refractivity contribution in [2.24, 2.45) is 5.16 Å². The molecule has 0 fully saturated rings. The smallest absolute Gasteiger partial charge is 0.416 e. The molecule has 0 aliphatic heterocycles. The number of benzene rings is 3. The minimum Gasteiger partial charge on any atom is -0.463 e. The lowest BCUT2D eigenvalue weighted by molar-refractivity contribution is -0.148. The molecule has 0 amide bonds. The van der Waals surface area contributed by atoms with Gasteiger partial charge in [0.05, 0.1) is 22.2 Å². The summed E-state index contributed by atoms with van der Waals surface area (Å²) in [7, 11) is 0. The number of alkyl halides is 3. The van der Waals surface area contributed by atoms with Gasteiger partial charge in [0, 0.05) is 22.4 Å². The van der Waals surface area contributed by atoms with Crippen LogP contribution < -0.4 is 5.32 Å². The number of aromatic nitrogens is 2. The highest BCUT2D eigenvalue weighted by Crippen LogP contribution is 2.33. The van der Waals surface area contributed by atoms with Crippen molar-refractivity contribution < 1.29 is 27.5 Å². The van der Waals surface area contributed by atoms with Crippen LogP contribution in [0.3, 0.4) is 0 Å². The molecule has 13 heteroatoms. The summed E-state index contributed by atoms with van der Waals surface area (Å²) in [6.07, 6.45) is -4.56. The van der Waals surface area contributed by atoms with Gasteiger partial charge in [0.2, 0.25) is 11.7 Å². The van der Waals surface area contributed by atoms with Gasteiger partial charge < -0.3 is 14.9 Å². The molecule has 0 bridgehead atoms. The number of nitrogens with zero attached hydrogens (tertiary/aromatic N) is 3. The topological polar surface area (TPSA) is 85.7 Å². The lowest BCUT2D eigenvalue weighted by Gasteiger charge is -2.12. The van der Waals surface area contributed by atoms with Crippen LogP contribution in [0.5, 0.6) is 0 Å². The third kappa shape index (κ3) is 7.47. The number of rotatable bonds is 9. The van der Waals surface area contributed by atoms with Gasteiger partial charge in [-0.15, -0.1) is 10.2 Å².